The molecule has 0 aromatic heterocycles. The van der Waals surface area contributed by atoms with Gasteiger partial charge in [0.05, 0.1) is 11.9 Å². The van der Waals surface area contributed by atoms with Crippen molar-refractivity contribution >= 4 is 66.7 Å². The molecule has 1 atom stereocenters. The summed E-state index contributed by atoms with van der Waals surface area (Å²) in [5.41, 5.74) is 1.66. The van der Waals surface area contributed by atoms with Gasteiger partial charge in [0.1, 0.15) is 12.6 Å². The molecular formula is C31H34BrCl2N3O4S. The molecule has 0 saturated heterocycles. The molecule has 1 aliphatic rings. The van der Waals surface area contributed by atoms with Gasteiger partial charge in [-0.3, -0.25) is 13.9 Å². The molecule has 7 nitrogen and oxygen atoms in total. The highest BCUT2D eigenvalue weighted by molar-refractivity contribution is 9.10. The van der Waals surface area contributed by atoms with E-state index in [1.54, 1.807) is 42.5 Å². The molecule has 0 radical (unpaired) electrons. The highest BCUT2D eigenvalue weighted by atomic mass is 79.9. The Morgan fingerprint density at radius 1 is 0.952 bits per heavy atom. The zero-order valence-corrected chi connectivity index (χ0v) is 27.2. The van der Waals surface area contributed by atoms with Crippen molar-refractivity contribution in [1.29, 1.82) is 0 Å². The van der Waals surface area contributed by atoms with Crippen LogP contribution in [0.25, 0.3) is 0 Å². The molecule has 42 heavy (non-hydrogen) atoms. The lowest BCUT2D eigenvalue weighted by molar-refractivity contribution is -0.140. The number of carbonyl (C=O) groups is 2. The first-order chi connectivity index (χ1) is 20.0. The maximum atomic E-state index is 14.3. The number of nitrogens with zero attached hydrogens (tertiary/aromatic N) is 2. The highest BCUT2D eigenvalue weighted by Crippen LogP contribution is 2.29. The van der Waals surface area contributed by atoms with Crippen LogP contribution in [0.5, 0.6) is 0 Å². The molecule has 1 fully saturated rings. The van der Waals surface area contributed by atoms with Gasteiger partial charge >= 0.3 is 0 Å². The van der Waals surface area contributed by atoms with E-state index in [0.717, 1.165) is 48.2 Å². The van der Waals surface area contributed by atoms with Crippen LogP contribution in [0.3, 0.4) is 0 Å². The van der Waals surface area contributed by atoms with Crippen LogP contribution < -0.4 is 9.62 Å². The summed E-state index contributed by atoms with van der Waals surface area (Å²) in [4.78, 5) is 29.7. The van der Waals surface area contributed by atoms with Gasteiger partial charge in [0.15, 0.2) is 0 Å². The summed E-state index contributed by atoms with van der Waals surface area (Å²) in [7, 11) is -3.87. The fourth-order valence-corrected chi connectivity index (χ4v) is 6.94. The van der Waals surface area contributed by atoms with E-state index in [9.17, 15) is 18.0 Å². The van der Waals surface area contributed by atoms with E-state index in [1.807, 2.05) is 30.3 Å². The minimum absolute atomic E-state index is 0.0135. The van der Waals surface area contributed by atoms with Crippen molar-refractivity contribution in [3.63, 3.8) is 0 Å². The molecule has 0 unspecified atom stereocenters. The Bertz CT molecular complexity index is 1480. The number of anilines is 1. The Kier molecular flexibility index (Phi) is 11.3. The first-order valence-corrected chi connectivity index (χ1v) is 17.2. The molecule has 2 amide bonds. The van der Waals surface area contributed by atoms with E-state index in [1.165, 1.54) is 4.90 Å². The van der Waals surface area contributed by atoms with E-state index in [4.69, 9.17) is 23.2 Å². The number of hydrogen-bond acceptors (Lipinski definition) is 4. The van der Waals surface area contributed by atoms with Crippen LogP contribution in [0.2, 0.25) is 10.0 Å². The standard InChI is InChI=1S/C31H34BrCl2N3O4S/c1-42(40,41)37(25-15-8-12-23(32)19-25)21-30(38)36(20-26-27(33)16-9-17-28(26)34)29(18-22-10-4-2-5-11-22)31(39)35-24-13-6-3-7-14-24/h2,4-5,8-12,15-17,19,24,29H,3,6-7,13-14,18,20-21H2,1H3,(H,35,39)/t29-/m0/s1. The Hall–Kier alpha value is -2.59. The van der Waals surface area contributed by atoms with E-state index in [0.29, 0.717) is 25.8 Å². The van der Waals surface area contributed by atoms with E-state index >= 15 is 0 Å². The van der Waals surface area contributed by atoms with Gasteiger partial charge in [-0.2, -0.15) is 0 Å². The van der Waals surface area contributed by atoms with E-state index in [2.05, 4.69) is 21.2 Å². The van der Waals surface area contributed by atoms with Crippen LogP contribution in [0.15, 0.2) is 77.3 Å². The Balaban J connectivity index is 1.76. The normalized spacial score (nSPS) is 14.7. The van der Waals surface area contributed by atoms with Crippen LogP contribution in [0.4, 0.5) is 5.69 Å². The van der Waals surface area contributed by atoms with Gasteiger partial charge in [0.2, 0.25) is 21.8 Å². The third-order valence-electron chi connectivity index (χ3n) is 7.39. The van der Waals surface area contributed by atoms with Crippen LogP contribution in [0.1, 0.15) is 43.2 Å². The second-order valence-corrected chi connectivity index (χ2v) is 14.2. The van der Waals surface area contributed by atoms with Crippen LogP contribution in [0, 0.1) is 0 Å². The first-order valence-electron chi connectivity index (χ1n) is 13.8. The summed E-state index contributed by atoms with van der Waals surface area (Å²) in [5.74, 6) is -0.855. The number of amides is 2. The molecule has 3 aromatic carbocycles. The molecule has 4 rings (SSSR count). The number of hydrogen-bond donors (Lipinski definition) is 1. The van der Waals surface area contributed by atoms with Gasteiger partial charge in [-0.1, -0.05) is 101 Å². The van der Waals surface area contributed by atoms with Crippen molar-refractivity contribution < 1.29 is 18.0 Å². The molecule has 11 heteroatoms. The van der Waals surface area contributed by atoms with E-state index in [-0.39, 0.29) is 24.9 Å². The van der Waals surface area contributed by atoms with Crippen LogP contribution in [-0.4, -0.2) is 50.0 Å². The fourth-order valence-electron chi connectivity index (χ4n) is 5.20. The fraction of sp³-hybridized carbons (Fsp3) is 0.355. The van der Waals surface area contributed by atoms with Gasteiger partial charge in [-0.25, -0.2) is 8.42 Å². The highest BCUT2D eigenvalue weighted by Gasteiger charge is 2.34. The topological polar surface area (TPSA) is 86.8 Å². The summed E-state index contributed by atoms with van der Waals surface area (Å²) in [5, 5.41) is 3.87. The van der Waals surface area contributed by atoms with Gasteiger partial charge in [0, 0.05) is 39.1 Å². The molecule has 0 bridgehead atoms. The summed E-state index contributed by atoms with van der Waals surface area (Å²) in [6, 6.07) is 20.3. The molecule has 0 heterocycles. The van der Waals surface area contributed by atoms with Crippen molar-refractivity contribution in [2.75, 3.05) is 17.1 Å². The zero-order valence-electron chi connectivity index (χ0n) is 23.3. The summed E-state index contributed by atoms with van der Waals surface area (Å²) in [6.45, 7) is -0.595. The second-order valence-electron chi connectivity index (χ2n) is 10.5. The molecule has 0 aliphatic heterocycles. The molecular weight excluding hydrogens is 661 g/mol. The van der Waals surface area contributed by atoms with Crippen molar-refractivity contribution in [1.82, 2.24) is 10.2 Å². The lowest BCUT2D eigenvalue weighted by Gasteiger charge is -2.35. The summed E-state index contributed by atoms with van der Waals surface area (Å²) in [6.07, 6.45) is 6.21. The first kappa shape index (κ1) is 32.3. The van der Waals surface area contributed by atoms with Crippen molar-refractivity contribution in [2.45, 2.75) is 57.2 Å². The van der Waals surface area contributed by atoms with Crippen LogP contribution in [-0.2, 0) is 32.6 Å². The molecule has 1 aliphatic carbocycles. The minimum atomic E-state index is -3.87. The van der Waals surface area contributed by atoms with Crippen molar-refractivity contribution in [3.8, 4) is 0 Å². The van der Waals surface area contributed by atoms with Gasteiger partial charge in [-0.15, -0.1) is 0 Å². The summed E-state index contributed by atoms with van der Waals surface area (Å²) < 4.78 is 27.6. The van der Waals surface area contributed by atoms with Crippen LogP contribution >= 0.6 is 39.1 Å². The maximum Gasteiger partial charge on any atom is 0.244 e. The molecule has 1 saturated carbocycles. The second kappa shape index (κ2) is 14.7. The smallest absolute Gasteiger partial charge is 0.244 e. The lowest BCUT2D eigenvalue weighted by Crippen LogP contribution is -2.55. The predicted octanol–water partition coefficient (Wildman–Crippen LogP) is 6.61. The lowest BCUT2D eigenvalue weighted by atomic mass is 9.94. The van der Waals surface area contributed by atoms with Crippen molar-refractivity contribution in [2.24, 2.45) is 0 Å². The molecule has 3 aromatic rings. The predicted molar refractivity (Wildman–Crippen MR) is 172 cm³/mol. The van der Waals surface area contributed by atoms with Crippen molar-refractivity contribution in [3.05, 3.63) is 98.4 Å². The molecule has 224 valence electrons. The number of benzene rings is 3. The Labute approximate surface area is 266 Å². The van der Waals surface area contributed by atoms with Gasteiger partial charge in [0.25, 0.3) is 0 Å². The third kappa shape index (κ3) is 8.72. The van der Waals surface area contributed by atoms with Gasteiger partial charge < -0.3 is 10.2 Å². The SMILES string of the molecule is CS(=O)(=O)N(CC(=O)N(Cc1c(Cl)cccc1Cl)[C@@H](Cc1ccccc1)C(=O)NC1CCCCC1)c1cccc(Br)c1. The Morgan fingerprint density at radius 2 is 1.60 bits per heavy atom. The molecule has 1 N–H and O–H groups in total. The van der Waals surface area contributed by atoms with E-state index < -0.39 is 28.5 Å². The average molecular weight is 696 g/mol. The number of halogens is 3. The number of sulfonamides is 1. The van der Waals surface area contributed by atoms with Gasteiger partial charge in [-0.05, 0) is 48.7 Å². The summed E-state index contributed by atoms with van der Waals surface area (Å²) >= 11 is 16.5. The monoisotopic (exact) mass is 693 g/mol. The maximum absolute atomic E-state index is 14.3. The average Bonchev–Trinajstić information content (AvgIpc) is 2.95. The quantitative estimate of drug-likeness (QED) is 0.245. The zero-order chi connectivity index (χ0) is 30.3. The largest absolute Gasteiger partial charge is 0.352 e. The number of carbonyl (C=O) groups excluding carboxylic acids is 2. The number of rotatable bonds is 11. The Morgan fingerprint density at radius 3 is 2.21 bits per heavy atom. The molecule has 0 spiro atoms. The number of nitrogens with one attached hydrogen (secondary N) is 1. The minimum Gasteiger partial charge on any atom is -0.352 e. The third-order valence-corrected chi connectivity index (χ3v) is 9.73.